The molecule has 0 unspecified atom stereocenters. The zero-order valence-electron chi connectivity index (χ0n) is 10.8. The number of unbranched alkanes of at least 4 members (excludes halogenated alkanes) is 1. The highest BCUT2D eigenvalue weighted by molar-refractivity contribution is 5.19. The third-order valence-corrected chi connectivity index (χ3v) is 3.20. The fourth-order valence-electron chi connectivity index (χ4n) is 2.11. The second-order valence-corrected chi connectivity index (χ2v) is 4.76. The molecule has 2 nitrogen and oxygen atoms in total. The molecular formula is C15H18F2O2. The van der Waals surface area contributed by atoms with Crippen LogP contribution in [0.4, 0.5) is 8.78 Å². The highest BCUT2D eigenvalue weighted by Crippen LogP contribution is 2.27. The number of ether oxygens (including phenoxy) is 2. The van der Waals surface area contributed by atoms with E-state index in [1.807, 2.05) is 6.08 Å². The predicted octanol–water partition coefficient (Wildman–Crippen LogP) is 3.98. The van der Waals surface area contributed by atoms with Crippen LogP contribution < -0.4 is 0 Å². The Balaban J connectivity index is 1.85. The Bertz CT molecular complexity index is 426. The summed E-state index contributed by atoms with van der Waals surface area (Å²) in [6.07, 6.45) is 4.39. The van der Waals surface area contributed by atoms with Crippen LogP contribution in [0.5, 0.6) is 0 Å². The highest BCUT2D eigenvalue weighted by atomic mass is 19.2. The molecule has 1 saturated heterocycles. The Morgan fingerprint density at radius 3 is 2.58 bits per heavy atom. The van der Waals surface area contributed by atoms with Crippen LogP contribution in [0.25, 0.3) is 0 Å². The van der Waals surface area contributed by atoms with Gasteiger partial charge in [0.25, 0.3) is 0 Å². The lowest BCUT2D eigenvalue weighted by molar-refractivity contribution is -0.206. The quantitative estimate of drug-likeness (QED) is 0.594. The first-order chi connectivity index (χ1) is 9.20. The van der Waals surface area contributed by atoms with Crippen molar-refractivity contribution in [3.63, 3.8) is 0 Å². The molecule has 1 aromatic rings. The van der Waals surface area contributed by atoms with Crippen LogP contribution in [0.2, 0.25) is 0 Å². The zero-order chi connectivity index (χ0) is 13.7. The van der Waals surface area contributed by atoms with E-state index in [-0.39, 0.29) is 0 Å². The molecule has 2 rings (SSSR count). The molecule has 1 fully saturated rings. The van der Waals surface area contributed by atoms with E-state index in [9.17, 15) is 8.78 Å². The number of allylic oxidation sites excluding steroid dienone is 1. The third kappa shape index (κ3) is 3.85. The molecule has 19 heavy (non-hydrogen) atoms. The summed E-state index contributed by atoms with van der Waals surface area (Å²) >= 11 is 0. The summed E-state index contributed by atoms with van der Waals surface area (Å²) in [7, 11) is 0. The van der Waals surface area contributed by atoms with E-state index in [0.717, 1.165) is 31.4 Å². The van der Waals surface area contributed by atoms with Crippen LogP contribution in [-0.2, 0) is 9.47 Å². The Hall–Kier alpha value is -1.26. The molecular weight excluding hydrogens is 250 g/mol. The minimum absolute atomic E-state index is 0.362. The van der Waals surface area contributed by atoms with Gasteiger partial charge in [-0.25, -0.2) is 8.78 Å². The Morgan fingerprint density at radius 1 is 1.21 bits per heavy atom. The molecule has 0 radical (unpaired) electrons. The van der Waals surface area contributed by atoms with Gasteiger partial charge in [0.1, 0.15) is 0 Å². The van der Waals surface area contributed by atoms with Crippen LogP contribution in [0.1, 0.15) is 31.1 Å². The molecule has 1 aliphatic rings. The van der Waals surface area contributed by atoms with Gasteiger partial charge in [0.05, 0.1) is 13.2 Å². The number of hydrogen-bond acceptors (Lipinski definition) is 2. The molecule has 1 aromatic carbocycles. The molecule has 0 N–H and O–H groups in total. The van der Waals surface area contributed by atoms with Crippen LogP contribution in [0.15, 0.2) is 30.9 Å². The average molecular weight is 268 g/mol. The maximum absolute atomic E-state index is 13.1. The van der Waals surface area contributed by atoms with E-state index in [1.165, 1.54) is 6.07 Å². The summed E-state index contributed by atoms with van der Waals surface area (Å²) in [6, 6.07) is 3.70. The summed E-state index contributed by atoms with van der Waals surface area (Å²) < 4.78 is 37.1. The van der Waals surface area contributed by atoms with Gasteiger partial charge in [-0.3, -0.25) is 0 Å². The monoisotopic (exact) mass is 268 g/mol. The van der Waals surface area contributed by atoms with E-state index in [0.29, 0.717) is 24.7 Å². The normalized spacial score (nSPS) is 23.3. The topological polar surface area (TPSA) is 18.5 Å². The zero-order valence-corrected chi connectivity index (χ0v) is 10.8. The van der Waals surface area contributed by atoms with Crippen LogP contribution >= 0.6 is 0 Å². The maximum atomic E-state index is 13.1. The number of rotatable bonds is 5. The molecule has 1 aliphatic heterocycles. The summed E-state index contributed by atoms with van der Waals surface area (Å²) in [5.41, 5.74) is 0.517. The fourth-order valence-corrected chi connectivity index (χ4v) is 2.11. The number of halogens is 2. The Morgan fingerprint density at radius 2 is 1.95 bits per heavy atom. The summed E-state index contributed by atoms with van der Waals surface area (Å²) in [5, 5.41) is 0. The van der Waals surface area contributed by atoms with E-state index in [1.54, 1.807) is 0 Å². The summed E-state index contributed by atoms with van der Waals surface area (Å²) in [5.74, 6) is -1.37. The lowest BCUT2D eigenvalue weighted by Gasteiger charge is -2.29. The van der Waals surface area contributed by atoms with Crippen molar-refractivity contribution in [2.45, 2.75) is 25.6 Å². The first-order valence-electron chi connectivity index (χ1n) is 6.49. The van der Waals surface area contributed by atoms with Gasteiger partial charge in [-0.2, -0.15) is 0 Å². The maximum Gasteiger partial charge on any atom is 0.183 e. The second kappa shape index (κ2) is 6.78. The first kappa shape index (κ1) is 14.2. The largest absolute Gasteiger partial charge is 0.348 e. The van der Waals surface area contributed by atoms with Gasteiger partial charge in [-0.15, -0.1) is 6.58 Å². The lowest BCUT2D eigenvalue weighted by atomic mass is 10.0. The van der Waals surface area contributed by atoms with E-state index in [2.05, 4.69) is 6.58 Å². The average Bonchev–Trinajstić information content (AvgIpc) is 2.43. The van der Waals surface area contributed by atoms with Crippen molar-refractivity contribution in [3.05, 3.63) is 48.1 Å². The van der Waals surface area contributed by atoms with Crippen molar-refractivity contribution in [2.24, 2.45) is 5.92 Å². The van der Waals surface area contributed by atoms with Gasteiger partial charge in [0, 0.05) is 11.5 Å². The lowest BCUT2D eigenvalue weighted by Crippen LogP contribution is -2.27. The standard InChI is InChI=1S/C15H18F2O2/c1-2-3-4-5-11-9-18-15(19-10-11)12-6-7-13(16)14(17)8-12/h2,6-8,11,15H,1,3-5,9-10H2. The molecule has 0 bridgehead atoms. The molecule has 0 aromatic heterocycles. The van der Waals surface area contributed by atoms with E-state index in [4.69, 9.17) is 9.47 Å². The predicted molar refractivity (Wildman–Crippen MR) is 68.5 cm³/mol. The Kier molecular flexibility index (Phi) is 5.05. The molecule has 4 heteroatoms. The van der Waals surface area contributed by atoms with Crippen molar-refractivity contribution in [1.82, 2.24) is 0 Å². The van der Waals surface area contributed by atoms with Crippen molar-refractivity contribution in [1.29, 1.82) is 0 Å². The van der Waals surface area contributed by atoms with Gasteiger partial charge >= 0.3 is 0 Å². The fraction of sp³-hybridized carbons (Fsp3) is 0.467. The van der Waals surface area contributed by atoms with Crippen molar-refractivity contribution < 1.29 is 18.3 Å². The SMILES string of the molecule is C=CCCCC1COC(c2ccc(F)c(F)c2)OC1. The minimum atomic E-state index is -0.877. The smallest absolute Gasteiger partial charge is 0.183 e. The molecule has 0 spiro atoms. The molecule has 0 amide bonds. The molecule has 104 valence electrons. The van der Waals surface area contributed by atoms with Crippen molar-refractivity contribution >= 4 is 0 Å². The minimum Gasteiger partial charge on any atom is -0.348 e. The molecule has 1 heterocycles. The Labute approximate surface area is 112 Å². The number of hydrogen-bond donors (Lipinski definition) is 0. The van der Waals surface area contributed by atoms with Gasteiger partial charge < -0.3 is 9.47 Å². The molecule has 0 saturated carbocycles. The molecule has 0 aliphatic carbocycles. The summed E-state index contributed by atoms with van der Waals surface area (Å²) in [4.78, 5) is 0. The van der Waals surface area contributed by atoms with Gasteiger partial charge in [0.15, 0.2) is 17.9 Å². The van der Waals surface area contributed by atoms with Crippen LogP contribution in [0, 0.1) is 17.6 Å². The van der Waals surface area contributed by atoms with Crippen LogP contribution in [-0.4, -0.2) is 13.2 Å². The summed E-state index contributed by atoms with van der Waals surface area (Å²) in [6.45, 7) is 4.85. The number of benzene rings is 1. The highest BCUT2D eigenvalue weighted by Gasteiger charge is 2.23. The second-order valence-electron chi connectivity index (χ2n) is 4.76. The van der Waals surface area contributed by atoms with Crippen molar-refractivity contribution in [3.8, 4) is 0 Å². The van der Waals surface area contributed by atoms with Gasteiger partial charge in [0.2, 0.25) is 0 Å². The molecule has 0 atom stereocenters. The van der Waals surface area contributed by atoms with Gasteiger partial charge in [-0.05, 0) is 31.4 Å². The van der Waals surface area contributed by atoms with E-state index < -0.39 is 17.9 Å². The third-order valence-electron chi connectivity index (χ3n) is 3.20. The van der Waals surface area contributed by atoms with Gasteiger partial charge in [-0.1, -0.05) is 12.1 Å². The van der Waals surface area contributed by atoms with Crippen LogP contribution in [0.3, 0.4) is 0 Å². The van der Waals surface area contributed by atoms with E-state index >= 15 is 0 Å². The first-order valence-corrected chi connectivity index (χ1v) is 6.49. The van der Waals surface area contributed by atoms with Crippen molar-refractivity contribution in [2.75, 3.05) is 13.2 Å².